The summed E-state index contributed by atoms with van der Waals surface area (Å²) in [5.41, 5.74) is 3.28. The predicted molar refractivity (Wildman–Crippen MR) is 95.2 cm³/mol. The zero-order valence-electron chi connectivity index (χ0n) is 14.2. The minimum Gasteiger partial charge on any atom is -0.496 e. The Morgan fingerprint density at radius 1 is 0.955 bits per heavy atom. The molecule has 0 aliphatic carbocycles. The molecule has 0 fully saturated rings. The molecule has 118 valence electrons. The Labute approximate surface area is 134 Å². The number of hydrogen-bond donors (Lipinski definition) is 0. The lowest BCUT2D eigenvalue weighted by molar-refractivity contribution is 0.401. The first kappa shape index (κ1) is 17.0. The summed E-state index contributed by atoms with van der Waals surface area (Å²) >= 11 is 0. The molecule has 0 radical (unpaired) electrons. The monoisotopic (exact) mass is 318 g/mol. The maximum absolute atomic E-state index is 14.2. The number of hydrogen-bond acceptors (Lipinski definition) is 1. The number of ether oxygens (including phenoxy) is 1. The van der Waals surface area contributed by atoms with Crippen molar-refractivity contribution in [3.63, 3.8) is 0 Å². The molecule has 0 aliphatic heterocycles. The summed E-state index contributed by atoms with van der Waals surface area (Å²) in [5, 5.41) is 1.80. The molecule has 0 amide bonds. The smallest absolute Gasteiger partial charge is 0.131 e. The van der Waals surface area contributed by atoms with Gasteiger partial charge in [0.1, 0.15) is 11.6 Å². The molecule has 0 heterocycles. The molecule has 2 rings (SSSR count). The number of aryl methyl sites for hydroxylation is 2. The summed E-state index contributed by atoms with van der Waals surface area (Å²) in [6.07, 6.45) is 0. The van der Waals surface area contributed by atoms with E-state index in [1.165, 1.54) is 11.1 Å². The van der Waals surface area contributed by atoms with Crippen LogP contribution in [0.5, 0.6) is 5.75 Å². The van der Waals surface area contributed by atoms with Gasteiger partial charge in [-0.15, -0.1) is 0 Å². The van der Waals surface area contributed by atoms with Crippen LogP contribution in [0.4, 0.5) is 4.39 Å². The van der Waals surface area contributed by atoms with Crippen molar-refractivity contribution in [2.75, 3.05) is 7.11 Å². The fraction of sp³-hybridized carbons (Fsp3) is 0.368. The lowest BCUT2D eigenvalue weighted by atomic mass is 9.85. The summed E-state index contributed by atoms with van der Waals surface area (Å²) in [7, 11) is 1.94. The maximum Gasteiger partial charge on any atom is 0.131 e. The zero-order valence-corrected chi connectivity index (χ0v) is 15.2. The highest BCUT2D eigenvalue weighted by atomic mass is 31.1. The van der Waals surface area contributed by atoms with Gasteiger partial charge in [-0.25, -0.2) is 4.39 Å². The Bertz CT molecular complexity index is 687. The number of benzene rings is 2. The van der Waals surface area contributed by atoms with E-state index in [0.717, 1.165) is 21.9 Å². The molecule has 2 aromatic carbocycles. The van der Waals surface area contributed by atoms with Crippen molar-refractivity contribution in [2.45, 2.75) is 40.0 Å². The quantitative estimate of drug-likeness (QED) is 0.763. The Hall–Kier alpha value is -1.40. The van der Waals surface area contributed by atoms with Gasteiger partial charge >= 0.3 is 0 Å². The summed E-state index contributed by atoms with van der Waals surface area (Å²) < 4.78 is 19.9. The van der Waals surface area contributed by atoms with Crippen molar-refractivity contribution < 1.29 is 9.13 Å². The fourth-order valence-electron chi connectivity index (χ4n) is 2.51. The lowest BCUT2D eigenvalue weighted by Crippen LogP contribution is -2.19. The van der Waals surface area contributed by atoms with E-state index in [1.807, 2.05) is 19.1 Å². The third kappa shape index (κ3) is 3.67. The highest BCUT2D eigenvalue weighted by Gasteiger charge is 2.22. The van der Waals surface area contributed by atoms with E-state index < -0.39 is 0 Å². The molecule has 0 aromatic heterocycles. The molecule has 0 saturated carbocycles. The Morgan fingerprint density at radius 2 is 1.64 bits per heavy atom. The predicted octanol–water partition coefficient (Wildman–Crippen LogP) is 4.38. The molecule has 2 aromatic rings. The van der Waals surface area contributed by atoms with Crippen LogP contribution in [0.1, 0.15) is 37.5 Å². The second-order valence-electron chi connectivity index (χ2n) is 6.75. The van der Waals surface area contributed by atoms with Crippen LogP contribution in [0, 0.1) is 19.7 Å². The SMILES string of the molecule is COc1c(Pc2ccc(C)cc2F)cc(C)cc1C(C)(C)C. The molecule has 0 N–H and O–H groups in total. The summed E-state index contributed by atoms with van der Waals surface area (Å²) in [6.45, 7) is 10.5. The Balaban J connectivity index is 2.53. The highest BCUT2D eigenvalue weighted by molar-refractivity contribution is 7.55. The van der Waals surface area contributed by atoms with Gasteiger partial charge in [0, 0.05) is 16.2 Å². The van der Waals surface area contributed by atoms with E-state index in [9.17, 15) is 4.39 Å². The van der Waals surface area contributed by atoms with Crippen LogP contribution in [0.3, 0.4) is 0 Å². The molecule has 1 nitrogen and oxygen atoms in total. The van der Waals surface area contributed by atoms with Gasteiger partial charge in [-0.1, -0.05) is 47.6 Å². The van der Waals surface area contributed by atoms with Crippen molar-refractivity contribution in [3.05, 3.63) is 52.8 Å². The molecular weight excluding hydrogens is 294 g/mol. The van der Waals surface area contributed by atoms with Gasteiger partial charge in [0.2, 0.25) is 0 Å². The van der Waals surface area contributed by atoms with Gasteiger partial charge in [0.25, 0.3) is 0 Å². The van der Waals surface area contributed by atoms with E-state index in [1.54, 1.807) is 13.2 Å². The molecule has 0 spiro atoms. The van der Waals surface area contributed by atoms with Gasteiger partial charge in [0.05, 0.1) is 7.11 Å². The van der Waals surface area contributed by atoms with Crippen molar-refractivity contribution in [2.24, 2.45) is 0 Å². The van der Waals surface area contributed by atoms with Crippen LogP contribution >= 0.6 is 8.58 Å². The minimum atomic E-state index is -0.140. The fourth-order valence-corrected chi connectivity index (χ4v) is 3.81. The lowest BCUT2D eigenvalue weighted by Gasteiger charge is -2.25. The van der Waals surface area contributed by atoms with E-state index >= 15 is 0 Å². The molecule has 0 bridgehead atoms. The molecular formula is C19H24FOP. The van der Waals surface area contributed by atoms with E-state index in [-0.39, 0.29) is 19.8 Å². The second-order valence-corrected chi connectivity index (χ2v) is 8.08. The maximum atomic E-state index is 14.2. The van der Waals surface area contributed by atoms with E-state index in [0.29, 0.717) is 0 Å². The average molecular weight is 318 g/mol. The van der Waals surface area contributed by atoms with Gasteiger partial charge in [-0.2, -0.15) is 0 Å². The van der Waals surface area contributed by atoms with Gasteiger partial charge in [-0.3, -0.25) is 0 Å². The average Bonchev–Trinajstić information content (AvgIpc) is 2.40. The summed E-state index contributed by atoms with van der Waals surface area (Å²) in [6, 6.07) is 9.69. The first-order valence-corrected chi connectivity index (χ1v) is 8.44. The normalized spacial score (nSPS) is 12.1. The summed E-state index contributed by atoms with van der Waals surface area (Å²) in [4.78, 5) is 0. The van der Waals surface area contributed by atoms with Crippen molar-refractivity contribution in [1.29, 1.82) is 0 Å². The molecule has 22 heavy (non-hydrogen) atoms. The minimum absolute atomic E-state index is 0.0115. The van der Waals surface area contributed by atoms with Crippen molar-refractivity contribution >= 4 is 19.2 Å². The standard InChI is InChI=1S/C19H24FOP/c1-12-7-8-16(15(20)10-12)22-17-11-13(2)9-14(18(17)21-6)19(3,4)5/h7-11,22H,1-6H3. The number of halogens is 1. The van der Waals surface area contributed by atoms with Gasteiger partial charge < -0.3 is 4.74 Å². The van der Waals surface area contributed by atoms with Crippen LogP contribution in [-0.2, 0) is 5.41 Å². The van der Waals surface area contributed by atoms with Crippen LogP contribution in [0.2, 0.25) is 0 Å². The third-order valence-electron chi connectivity index (χ3n) is 3.64. The Morgan fingerprint density at radius 3 is 2.18 bits per heavy atom. The molecule has 0 aliphatic rings. The van der Waals surface area contributed by atoms with Crippen LogP contribution in [0.25, 0.3) is 0 Å². The second kappa shape index (κ2) is 6.38. The third-order valence-corrected chi connectivity index (χ3v) is 4.95. The Kier molecular flexibility index (Phi) is 4.92. The summed E-state index contributed by atoms with van der Waals surface area (Å²) in [5.74, 6) is 0.746. The molecule has 1 atom stereocenters. The number of methoxy groups -OCH3 is 1. The van der Waals surface area contributed by atoms with E-state index in [2.05, 4.69) is 39.8 Å². The first-order valence-electron chi connectivity index (χ1n) is 7.44. The number of rotatable bonds is 3. The van der Waals surface area contributed by atoms with E-state index in [4.69, 9.17) is 4.74 Å². The molecule has 3 heteroatoms. The van der Waals surface area contributed by atoms with Gasteiger partial charge in [-0.05, 0) is 42.5 Å². The first-order chi connectivity index (χ1) is 10.2. The van der Waals surface area contributed by atoms with Crippen LogP contribution in [0.15, 0.2) is 30.3 Å². The molecule has 0 saturated heterocycles. The highest BCUT2D eigenvalue weighted by Crippen LogP contribution is 2.34. The van der Waals surface area contributed by atoms with Crippen molar-refractivity contribution in [1.82, 2.24) is 0 Å². The van der Waals surface area contributed by atoms with Crippen molar-refractivity contribution in [3.8, 4) is 5.75 Å². The van der Waals surface area contributed by atoms with Crippen LogP contribution < -0.4 is 15.3 Å². The van der Waals surface area contributed by atoms with Crippen LogP contribution in [-0.4, -0.2) is 7.11 Å². The largest absolute Gasteiger partial charge is 0.496 e. The zero-order chi connectivity index (χ0) is 16.5. The van der Waals surface area contributed by atoms with Gasteiger partial charge in [0.15, 0.2) is 0 Å². The topological polar surface area (TPSA) is 9.23 Å². The molecule has 1 unspecified atom stereocenters.